The summed E-state index contributed by atoms with van der Waals surface area (Å²) in [5.74, 6) is -0.185. The molecule has 1 nitrogen and oxygen atoms in total. The summed E-state index contributed by atoms with van der Waals surface area (Å²) in [7, 11) is 0. The second-order valence-corrected chi connectivity index (χ2v) is 5.53. The normalized spacial score (nSPS) is 14.1. The molecular formula is C18H22FN. The van der Waals surface area contributed by atoms with Crippen LogP contribution in [-0.2, 0) is 0 Å². The molecule has 0 bridgehead atoms. The molecule has 2 aromatic carbocycles. The Balaban J connectivity index is 2.12. The molecule has 0 fully saturated rings. The third kappa shape index (κ3) is 3.45. The van der Waals surface area contributed by atoms with Crippen LogP contribution in [0.5, 0.6) is 0 Å². The molecule has 2 rings (SSSR count). The van der Waals surface area contributed by atoms with Gasteiger partial charge in [0.1, 0.15) is 5.82 Å². The van der Waals surface area contributed by atoms with Gasteiger partial charge in [-0.1, -0.05) is 35.9 Å². The van der Waals surface area contributed by atoms with Crippen LogP contribution >= 0.6 is 0 Å². The van der Waals surface area contributed by atoms with Gasteiger partial charge in [-0.25, -0.2) is 4.39 Å². The van der Waals surface area contributed by atoms with Gasteiger partial charge in [0.05, 0.1) is 0 Å². The highest BCUT2D eigenvalue weighted by Crippen LogP contribution is 2.23. The lowest BCUT2D eigenvalue weighted by atomic mass is 9.99. The zero-order valence-electron chi connectivity index (χ0n) is 12.6. The smallest absolute Gasteiger partial charge is 0.123 e. The Morgan fingerprint density at radius 1 is 0.950 bits per heavy atom. The first-order valence-corrected chi connectivity index (χ1v) is 7.06. The molecule has 2 aromatic rings. The van der Waals surface area contributed by atoms with Crippen molar-refractivity contribution in [1.29, 1.82) is 0 Å². The van der Waals surface area contributed by atoms with Gasteiger partial charge in [-0.15, -0.1) is 0 Å². The summed E-state index contributed by atoms with van der Waals surface area (Å²) in [6, 6.07) is 13.6. The molecule has 0 radical (unpaired) electrons. The predicted molar refractivity (Wildman–Crippen MR) is 82.3 cm³/mol. The summed E-state index contributed by atoms with van der Waals surface area (Å²) in [5.41, 5.74) is 4.83. The van der Waals surface area contributed by atoms with Gasteiger partial charge in [-0.05, 0) is 56.5 Å². The molecule has 0 amide bonds. The fourth-order valence-electron chi connectivity index (χ4n) is 2.65. The van der Waals surface area contributed by atoms with Crippen molar-refractivity contribution in [2.75, 3.05) is 0 Å². The highest BCUT2D eigenvalue weighted by atomic mass is 19.1. The molecule has 0 aliphatic rings. The Bertz CT molecular complexity index is 592. The maximum atomic E-state index is 13.3. The van der Waals surface area contributed by atoms with Crippen LogP contribution in [0.15, 0.2) is 42.5 Å². The molecule has 0 spiro atoms. The minimum absolute atomic E-state index is 0.112. The summed E-state index contributed by atoms with van der Waals surface area (Å²) in [4.78, 5) is 0. The Morgan fingerprint density at radius 2 is 1.70 bits per heavy atom. The van der Waals surface area contributed by atoms with E-state index in [-0.39, 0.29) is 17.9 Å². The average Bonchev–Trinajstić information content (AvgIpc) is 2.38. The number of benzene rings is 2. The third-order valence-corrected chi connectivity index (χ3v) is 3.74. The second-order valence-electron chi connectivity index (χ2n) is 5.53. The molecule has 2 atom stereocenters. The van der Waals surface area contributed by atoms with Crippen molar-refractivity contribution in [3.63, 3.8) is 0 Å². The topological polar surface area (TPSA) is 12.0 Å². The third-order valence-electron chi connectivity index (χ3n) is 3.74. The van der Waals surface area contributed by atoms with E-state index in [0.29, 0.717) is 0 Å². The Morgan fingerprint density at radius 3 is 2.35 bits per heavy atom. The van der Waals surface area contributed by atoms with Gasteiger partial charge in [0.25, 0.3) is 0 Å². The second kappa shape index (κ2) is 6.19. The van der Waals surface area contributed by atoms with Crippen LogP contribution in [0.25, 0.3) is 0 Å². The highest BCUT2D eigenvalue weighted by Gasteiger charge is 2.13. The van der Waals surface area contributed by atoms with Crippen molar-refractivity contribution >= 4 is 0 Å². The molecule has 0 saturated carbocycles. The number of halogens is 1. The average molecular weight is 271 g/mol. The largest absolute Gasteiger partial charge is 0.304 e. The van der Waals surface area contributed by atoms with E-state index in [4.69, 9.17) is 0 Å². The first-order chi connectivity index (χ1) is 9.47. The van der Waals surface area contributed by atoms with E-state index in [1.165, 1.54) is 22.8 Å². The van der Waals surface area contributed by atoms with Crippen molar-refractivity contribution in [3.8, 4) is 0 Å². The van der Waals surface area contributed by atoms with Crippen molar-refractivity contribution in [2.45, 2.75) is 39.8 Å². The minimum Gasteiger partial charge on any atom is -0.304 e. The SMILES string of the molecule is Cc1ccc(C(C)NC(C)c2cccc(F)c2)c(C)c1. The van der Waals surface area contributed by atoms with Gasteiger partial charge >= 0.3 is 0 Å². The van der Waals surface area contributed by atoms with Crippen molar-refractivity contribution < 1.29 is 4.39 Å². The van der Waals surface area contributed by atoms with Crippen molar-refractivity contribution in [1.82, 2.24) is 5.32 Å². The molecule has 0 aliphatic heterocycles. The van der Waals surface area contributed by atoms with Crippen LogP contribution in [0.1, 0.15) is 48.2 Å². The number of hydrogen-bond donors (Lipinski definition) is 1. The first-order valence-electron chi connectivity index (χ1n) is 7.06. The fourth-order valence-corrected chi connectivity index (χ4v) is 2.65. The van der Waals surface area contributed by atoms with Gasteiger partial charge in [-0.2, -0.15) is 0 Å². The lowest BCUT2D eigenvalue weighted by Gasteiger charge is -2.22. The van der Waals surface area contributed by atoms with Crippen LogP contribution in [0, 0.1) is 19.7 Å². The highest BCUT2D eigenvalue weighted by molar-refractivity contribution is 5.33. The van der Waals surface area contributed by atoms with Gasteiger partial charge in [0.2, 0.25) is 0 Å². The molecule has 20 heavy (non-hydrogen) atoms. The molecule has 2 unspecified atom stereocenters. The monoisotopic (exact) mass is 271 g/mol. The van der Waals surface area contributed by atoms with Crippen LogP contribution in [-0.4, -0.2) is 0 Å². The zero-order chi connectivity index (χ0) is 14.7. The van der Waals surface area contributed by atoms with Gasteiger partial charge in [-0.3, -0.25) is 0 Å². The number of nitrogens with one attached hydrogen (secondary N) is 1. The Hall–Kier alpha value is -1.67. The molecule has 0 heterocycles. The fraction of sp³-hybridized carbons (Fsp3) is 0.333. The molecule has 0 saturated heterocycles. The van der Waals surface area contributed by atoms with Crippen LogP contribution < -0.4 is 5.32 Å². The van der Waals surface area contributed by atoms with E-state index in [9.17, 15) is 4.39 Å². The van der Waals surface area contributed by atoms with Crippen LogP contribution in [0.2, 0.25) is 0 Å². The maximum Gasteiger partial charge on any atom is 0.123 e. The summed E-state index contributed by atoms with van der Waals surface area (Å²) in [6.07, 6.45) is 0. The van der Waals surface area contributed by atoms with E-state index in [1.807, 2.05) is 6.07 Å². The molecule has 1 N–H and O–H groups in total. The lowest BCUT2D eigenvalue weighted by Crippen LogP contribution is -2.23. The van der Waals surface area contributed by atoms with E-state index in [2.05, 4.69) is 51.2 Å². The standard InChI is InChI=1S/C18H22FN/c1-12-8-9-18(13(2)10-12)15(4)20-14(3)16-6-5-7-17(19)11-16/h5-11,14-15,20H,1-4H3. The molecular weight excluding hydrogens is 249 g/mol. The van der Waals surface area contributed by atoms with Crippen molar-refractivity contribution in [3.05, 3.63) is 70.5 Å². The van der Waals surface area contributed by atoms with E-state index >= 15 is 0 Å². The van der Waals surface area contributed by atoms with Crippen LogP contribution in [0.4, 0.5) is 4.39 Å². The summed E-state index contributed by atoms with van der Waals surface area (Å²) in [6.45, 7) is 8.44. The first kappa shape index (κ1) is 14.7. The van der Waals surface area contributed by atoms with E-state index in [1.54, 1.807) is 12.1 Å². The number of aryl methyl sites for hydroxylation is 2. The molecule has 0 aromatic heterocycles. The van der Waals surface area contributed by atoms with E-state index < -0.39 is 0 Å². The van der Waals surface area contributed by atoms with Crippen molar-refractivity contribution in [2.24, 2.45) is 0 Å². The number of hydrogen-bond acceptors (Lipinski definition) is 1. The maximum absolute atomic E-state index is 13.3. The molecule has 0 aliphatic carbocycles. The Kier molecular flexibility index (Phi) is 4.56. The Labute approximate surface area is 120 Å². The zero-order valence-corrected chi connectivity index (χ0v) is 12.6. The predicted octanol–water partition coefficient (Wildman–Crippen LogP) is 4.85. The van der Waals surface area contributed by atoms with E-state index in [0.717, 1.165) is 5.56 Å². The van der Waals surface area contributed by atoms with Gasteiger partial charge in [0, 0.05) is 12.1 Å². The summed E-state index contributed by atoms with van der Waals surface area (Å²) in [5, 5.41) is 3.53. The summed E-state index contributed by atoms with van der Waals surface area (Å²) < 4.78 is 13.3. The van der Waals surface area contributed by atoms with Gasteiger partial charge < -0.3 is 5.32 Å². The number of rotatable bonds is 4. The van der Waals surface area contributed by atoms with Crippen LogP contribution in [0.3, 0.4) is 0 Å². The minimum atomic E-state index is -0.185. The quantitative estimate of drug-likeness (QED) is 0.837. The lowest BCUT2D eigenvalue weighted by molar-refractivity contribution is 0.490. The van der Waals surface area contributed by atoms with Gasteiger partial charge in [0.15, 0.2) is 0 Å². The molecule has 2 heteroatoms. The summed E-state index contributed by atoms with van der Waals surface area (Å²) >= 11 is 0. The molecule has 106 valence electrons.